The molecule has 0 saturated heterocycles. The molecule has 4 heteroatoms. The van der Waals surface area contributed by atoms with E-state index in [4.69, 9.17) is 4.74 Å². The number of rotatable bonds is 6. The van der Waals surface area contributed by atoms with Gasteiger partial charge in [0.25, 0.3) is 0 Å². The maximum absolute atomic E-state index is 5.37. The SMILES string of the molecule is CCOc1cccc(NCc2ccc(CC)s2)n1. The molecule has 0 unspecified atom stereocenters. The van der Waals surface area contributed by atoms with E-state index in [1.165, 1.54) is 9.75 Å². The van der Waals surface area contributed by atoms with Crippen molar-refractivity contribution in [3.63, 3.8) is 0 Å². The Kier molecular flexibility index (Phi) is 4.59. The minimum atomic E-state index is 0.640. The van der Waals surface area contributed by atoms with Gasteiger partial charge < -0.3 is 10.1 Å². The first-order valence-corrected chi connectivity index (χ1v) is 7.04. The van der Waals surface area contributed by atoms with Gasteiger partial charge >= 0.3 is 0 Å². The lowest BCUT2D eigenvalue weighted by Gasteiger charge is -2.06. The van der Waals surface area contributed by atoms with Gasteiger partial charge in [-0.05, 0) is 31.5 Å². The molecule has 0 aromatic carbocycles. The molecule has 0 amide bonds. The van der Waals surface area contributed by atoms with Crippen LogP contribution >= 0.6 is 11.3 Å². The fourth-order valence-corrected chi connectivity index (χ4v) is 2.52. The van der Waals surface area contributed by atoms with Crippen molar-refractivity contribution in [1.29, 1.82) is 0 Å². The van der Waals surface area contributed by atoms with Gasteiger partial charge in [-0.3, -0.25) is 0 Å². The quantitative estimate of drug-likeness (QED) is 0.861. The molecule has 0 aliphatic carbocycles. The fourth-order valence-electron chi connectivity index (χ4n) is 1.63. The van der Waals surface area contributed by atoms with Crippen LogP contribution in [0, 0.1) is 0 Å². The minimum Gasteiger partial charge on any atom is -0.478 e. The molecule has 0 bridgehead atoms. The van der Waals surface area contributed by atoms with Crippen molar-refractivity contribution in [2.45, 2.75) is 26.8 Å². The summed E-state index contributed by atoms with van der Waals surface area (Å²) in [6.07, 6.45) is 1.10. The molecule has 2 aromatic rings. The van der Waals surface area contributed by atoms with E-state index in [0.29, 0.717) is 12.5 Å². The molecule has 18 heavy (non-hydrogen) atoms. The number of ether oxygens (including phenoxy) is 1. The van der Waals surface area contributed by atoms with Crippen LogP contribution in [0.25, 0.3) is 0 Å². The summed E-state index contributed by atoms with van der Waals surface area (Å²) < 4.78 is 5.37. The number of thiophene rings is 1. The molecule has 0 spiro atoms. The topological polar surface area (TPSA) is 34.1 Å². The Morgan fingerprint density at radius 3 is 2.72 bits per heavy atom. The normalized spacial score (nSPS) is 10.3. The summed E-state index contributed by atoms with van der Waals surface area (Å²) in [7, 11) is 0. The monoisotopic (exact) mass is 262 g/mol. The molecule has 96 valence electrons. The van der Waals surface area contributed by atoms with Crippen LogP contribution in [0.3, 0.4) is 0 Å². The van der Waals surface area contributed by atoms with Gasteiger partial charge in [0.2, 0.25) is 5.88 Å². The number of aromatic nitrogens is 1. The summed E-state index contributed by atoms with van der Waals surface area (Å²) in [5.41, 5.74) is 0. The van der Waals surface area contributed by atoms with E-state index >= 15 is 0 Å². The smallest absolute Gasteiger partial charge is 0.215 e. The first kappa shape index (κ1) is 12.9. The Morgan fingerprint density at radius 1 is 1.17 bits per heavy atom. The van der Waals surface area contributed by atoms with Crippen LogP contribution in [0.2, 0.25) is 0 Å². The van der Waals surface area contributed by atoms with Gasteiger partial charge in [0.1, 0.15) is 5.82 Å². The zero-order chi connectivity index (χ0) is 12.8. The number of hydrogen-bond donors (Lipinski definition) is 1. The molecule has 0 aliphatic rings. The third kappa shape index (κ3) is 3.47. The Bertz CT molecular complexity index is 496. The average molecular weight is 262 g/mol. The van der Waals surface area contributed by atoms with Gasteiger partial charge in [-0.1, -0.05) is 13.0 Å². The third-order valence-electron chi connectivity index (χ3n) is 2.53. The minimum absolute atomic E-state index is 0.640. The van der Waals surface area contributed by atoms with E-state index in [1.807, 2.05) is 36.5 Å². The van der Waals surface area contributed by atoms with Gasteiger partial charge in [0, 0.05) is 15.8 Å². The van der Waals surface area contributed by atoms with Crippen LogP contribution in [0.4, 0.5) is 5.82 Å². The molecule has 2 aromatic heterocycles. The molecule has 2 heterocycles. The van der Waals surface area contributed by atoms with Crippen LogP contribution in [0.15, 0.2) is 30.3 Å². The predicted octanol–water partition coefficient (Wildman–Crippen LogP) is 3.72. The predicted molar refractivity (Wildman–Crippen MR) is 76.4 cm³/mol. The molecule has 2 rings (SSSR count). The van der Waals surface area contributed by atoms with Crippen LogP contribution in [-0.2, 0) is 13.0 Å². The second kappa shape index (κ2) is 6.40. The zero-order valence-corrected chi connectivity index (χ0v) is 11.6. The number of pyridine rings is 1. The van der Waals surface area contributed by atoms with Crippen LogP contribution in [-0.4, -0.2) is 11.6 Å². The highest BCUT2D eigenvalue weighted by Gasteiger charge is 2.00. The summed E-state index contributed by atoms with van der Waals surface area (Å²) in [5, 5.41) is 3.32. The van der Waals surface area contributed by atoms with Gasteiger partial charge in [0.05, 0.1) is 13.2 Å². The van der Waals surface area contributed by atoms with E-state index < -0.39 is 0 Å². The summed E-state index contributed by atoms with van der Waals surface area (Å²) in [5.74, 6) is 1.52. The van der Waals surface area contributed by atoms with E-state index in [9.17, 15) is 0 Å². The van der Waals surface area contributed by atoms with Crippen molar-refractivity contribution in [3.05, 3.63) is 40.1 Å². The number of nitrogens with zero attached hydrogens (tertiary/aromatic N) is 1. The Hall–Kier alpha value is -1.55. The molecular formula is C14H18N2OS. The largest absolute Gasteiger partial charge is 0.478 e. The summed E-state index contributed by atoms with van der Waals surface area (Å²) in [4.78, 5) is 7.12. The molecule has 0 saturated carbocycles. The number of anilines is 1. The zero-order valence-electron chi connectivity index (χ0n) is 10.8. The van der Waals surface area contributed by atoms with Crippen molar-refractivity contribution in [2.24, 2.45) is 0 Å². The maximum atomic E-state index is 5.37. The second-order valence-electron chi connectivity index (χ2n) is 3.87. The van der Waals surface area contributed by atoms with Crippen LogP contribution < -0.4 is 10.1 Å². The first-order chi connectivity index (χ1) is 8.81. The van der Waals surface area contributed by atoms with E-state index in [1.54, 1.807) is 0 Å². The highest BCUT2D eigenvalue weighted by molar-refractivity contribution is 7.12. The molecule has 0 fully saturated rings. The summed E-state index contributed by atoms with van der Waals surface area (Å²) in [6, 6.07) is 10.1. The van der Waals surface area contributed by atoms with Gasteiger partial charge in [-0.15, -0.1) is 11.3 Å². The van der Waals surface area contributed by atoms with Crippen molar-refractivity contribution in [3.8, 4) is 5.88 Å². The summed E-state index contributed by atoms with van der Waals surface area (Å²) in [6.45, 7) is 5.59. The van der Waals surface area contributed by atoms with Crippen molar-refractivity contribution in [2.75, 3.05) is 11.9 Å². The number of aryl methyl sites for hydroxylation is 1. The van der Waals surface area contributed by atoms with Gasteiger partial charge in [-0.25, -0.2) is 0 Å². The van der Waals surface area contributed by atoms with Gasteiger partial charge in [0.15, 0.2) is 0 Å². The molecule has 0 aliphatic heterocycles. The lowest BCUT2D eigenvalue weighted by molar-refractivity contribution is 0.327. The van der Waals surface area contributed by atoms with Crippen molar-refractivity contribution < 1.29 is 4.74 Å². The molecule has 3 nitrogen and oxygen atoms in total. The highest BCUT2D eigenvalue weighted by Crippen LogP contribution is 2.18. The van der Waals surface area contributed by atoms with E-state index in [2.05, 4.69) is 29.4 Å². The van der Waals surface area contributed by atoms with E-state index in [-0.39, 0.29) is 0 Å². The fraction of sp³-hybridized carbons (Fsp3) is 0.357. The molecule has 0 atom stereocenters. The van der Waals surface area contributed by atoms with Crippen molar-refractivity contribution >= 4 is 17.2 Å². The Morgan fingerprint density at radius 2 is 2.00 bits per heavy atom. The van der Waals surface area contributed by atoms with Crippen molar-refractivity contribution in [1.82, 2.24) is 4.98 Å². The third-order valence-corrected chi connectivity index (χ3v) is 3.75. The molecular weight excluding hydrogens is 244 g/mol. The number of nitrogens with one attached hydrogen (secondary N) is 1. The second-order valence-corrected chi connectivity index (χ2v) is 5.12. The summed E-state index contributed by atoms with van der Waals surface area (Å²) >= 11 is 1.85. The molecule has 0 radical (unpaired) electrons. The maximum Gasteiger partial charge on any atom is 0.215 e. The number of hydrogen-bond acceptors (Lipinski definition) is 4. The van der Waals surface area contributed by atoms with E-state index in [0.717, 1.165) is 18.8 Å². The average Bonchev–Trinajstić information content (AvgIpc) is 2.85. The first-order valence-electron chi connectivity index (χ1n) is 6.23. The van der Waals surface area contributed by atoms with Gasteiger partial charge in [-0.2, -0.15) is 4.98 Å². The van der Waals surface area contributed by atoms with Crippen LogP contribution in [0.1, 0.15) is 23.6 Å². The lowest BCUT2D eigenvalue weighted by Crippen LogP contribution is -2.01. The standard InChI is InChI=1S/C14H18N2OS/c1-3-11-8-9-12(18-11)10-15-13-6-5-7-14(16-13)17-4-2/h5-9H,3-4,10H2,1-2H3,(H,15,16). The Labute approximate surface area is 112 Å². The lowest BCUT2D eigenvalue weighted by atomic mass is 10.3. The van der Waals surface area contributed by atoms with Crippen LogP contribution in [0.5, 0.6) is 5.88 Å². The Balaban J connectivity index is 1.94. The molecule has 1 N–H and O–H groups in total. The highest BCUT2D eigenvalue weighted by atomic mass is 32.1.